The Morgan fingerprint density at radius 3 is 2.71 bits per heavy atom. The second kappa shape index (κ2) is 6.76. The van der Waals surface area contributed by atoms with E-state index in [0.717, 1.165) is 25.7 Å². The summed E-state index contributed by atoms with van der Waals surface area (Å²) in [6, 6.07) is 12.4. The Labute approximate surface area is 126 Å². The molecule has 1 aliphatic rings. The molecule has 1 aromatic carbocycles. The van der Waals surface area contributed by atoms with Gasteiger partial charge in [-0.1, -0.05) is 43.7 Å². The van der Waals surface area contributed by atoms with Gasteiger partial charge in [-0.2, -0.15) is 5.26 Å². The molecule has 2 rings (SSSR count). The van der Waals surface area contributed by atoms with Gasteiger partial charge in [0.15, 0.2) is 0 Å². The van der Waals surface area contributed by atoms with E-state index in [2.05, 4.69) is 25.1 Å². The van der Waals surface area contributed by atoms with E-state index in [-0.39, 0.29) is 11.4 Å². The number of rotatable bonds is 5. The largest absolute Gasteiger partial charge is 0.465 e. The molecule has 0 aliphatic heterocycles. The molecule has 0 amide bonds. The van der Waals surface area contributed by atoms with Gasteiger partial charge in [-0.05, 0) is 37.7 Å². The van der Waals surface area contributed by atoms with Gasteiger partial charge in [0, 0.05) is 5.41 Å². The molecule has 0 bridgehead atoms. The number of hydrogen-bond donors (Lipinski definition) is 0. The van der Waals surface area contributed by atoms with Crippen molar-refractivity contribution in [3.8, 4) is 6.07 Å². The quantitative estimate of drug-likeness (QED) is 0.774. The Bertz CT molecular complexity index is 520. The molecule has 3 atom stereocenters. The highest BCUT2D eigenvalue weighted by Crippen LogP contribution is 2.49. The first-order valence-electron chi connectivity index (χ1n) is 7.71. The number of nitrogens with zero attached hydrogens (tertiary/aromatic N) is 1. The van der Waals surface area contributed by atoms with Crippen molar-refractivity contribution >= 4 is 5.97 Å². The van der Waals surface area contributed by atoms with Crippen LogP contribution in [0, 0.1) is 28.6 Å². The zero-order valence-corrected chi connectivity index (χ0v) is 12.8. The number of esters is 1. The van der Waals surface area contributed by atoms with Gasteiger partial charge in [0.05, 0.1) is 12.7 Å². The molecule has 0 spiro atoms. The Balaban J connectivity index is 2.29. The maximum absolute atomic E-state index is 12.2. The van der Waals surface area contributed by atoms with Crippen LogP contribution in [0.4, 0.5) is 0 Å². The summed E-state index contributed by atoms with van der Waals surface area (Å²) < 4.78 is 5.14. The van der Waals surface area contributed by atoms with Gasteiger partial charge in [0.2, 0.25) is 0 Å². The number of nitriles is 1. The Kier molecular flexibility index (Phi) is 5.01. The van der Waals surface area contributed by atoms with Crippen LogP contribution < -0.4 is 0 Å². The van der Waals surface area contributed by atoms with Crippen molar-refractivity contribution in [3.05, 3.63) is 35.9 Å². The molecule has 0 radical (unpaired) electrons. The lowest BCUT2D eigenvalue weighted by molar-refractivity contribution is -0.150. The molecule has 0 heterocycles. The fourth-order valence-electron chi connectivity index (χ4n) is 3.62. The van der Waals surface area contributed by atoms with Crippen molar-refractivity contribution in [2.75, 3.05) is 6.61 Å². The van der Waals surface area contributed by atoms with Crippen LogP contribution in [0.25, 0.3) is 0 Å². The first-order chi connectivity index (χ1) is 10.1. The molecule has 3 unspecified atom stereocenters. The van der Waals surface area contributed by atoms with Gasteiger partial charge in [-0.15, -0.1) is 0 Å². The van der Waals surface area contributed by atoms with E-state index in [9.17, 15) is 10.1 Å². The van der Waals surface area contributed by atoms with E-state index in [4.69, 9.17) is 4.74 Å². The van der Waals surface area contributed by atoms with Gasteiger partial charge in [-0.25, -0.2) is 0 Å². The Morgan fingerprint density at radius 2 is 2.19 bits per heavy atom. The topological polar surface area (TPSA) is 50.1 Å². The zero-order chi connectivity index (χ0) is 15.3. The molecule has 3 nitrogen and oxygen atoms in total. The lowest BCUT2D eigenvalue weighted by Crippen LogP contribution is -2.36. The number of ether oxygens (including phenoxy) is 1. The molecule has 0 aromatic heterocycles. The van der Waals surface area contributed by atoms with E-state index in [1.54, 1.807) is 6.92 Å². The molecule has 0 saturated heterocycles. The first-order valence-corrected chi connectivity index (χ1v) is 7.71. The fourth-order valence-corrected chi connectivity index (χ4v) is 3.62. The van der Waals surface area contributed by atoms with E-state index < -0.39 is 5.92 Å². The van der Waals surface area contributed by atoms with Crippen molar-refractivity contribution in [2.45, 2.75) is 39.5 Å². The minimum Gasteiger partial charge on any atom is -0.465 e. The monoisotopic (exact) mass is 285 g/mol. The predicted molar refractivity (Wildman–Crippen MR) is 81.3 cm³/mol. The third-order valence-corrected chi connectivity index (χ3v) is 4.55. The Morgan fingerprint density at radius 1 is 1.48 bits per heavy atom. The van der Waals surface area contributed by atoms with Crippen LogP contribution in [-0.4, -0.2) is 12.6 Å². The van der Waals surface area contributed by atoms with Gasteiger partial charge >= 0.3 is 5.97 Å². The molecule has 21 heavy (non-hydrogen) atoms. The molecular formula is C18H23NO2. The predicted octanol–water partition coefficient (Wildman–Crippen LogP) is 3.74. The second-order valence-corrected chi connectivity index (χ2v) is 6.19. The number of benzene rings is 1. The van der Waals surface area contributed by atoms with E-state index in [1.807, 2.05) is 18.2 Å². The summed E-state index contributed by atoms with van der Waals surface area (Å²) in [5.41, 5.74) is 0.915. The smallest absolute Gasteiger partial charge is 0.323 e. The van der Waals surface area contributed by atoms with Crippen LogP contribution in [0.1, 0.15) is 38.7 Å². The van der Waals surface area contributed by atoms with Gasteiger partial charge < -0.3 is 4.74 Å². The summed E-state index contributed by atoms with van der Waals surface area (Å²) >= 11 is 0. The lowest BCUT2D eigenvalue weighted by atomic mass is 9.70. The first kappa shape index (κ1) is 15.6. The average Bonchev–Trinajstić information content (AvgIpc) is 2.83. The molecule has 1 saturated carbocycles. The summed E-state index contributed by atoms with van der Waals surface area (Å²) in [6.07, 6.45) is 3.68. The van der Waals surface area contributed by atoms with Crippen LogP contribution in [0.2, 0.25) is 0 Å². The molecule has 1 aliphatic carbocycles. The van der Waals surface area contributed by atoms with Crippen LogP contribution in [-0.2, 0) is 16.0 Å². The van der Waals surface area contributed by atoms with E-state index >= 15 is 0 Å². The minimum atomic E-state index is -0.664. The SMILES string of the molecule is CCOC(=O)C(C#N)C1(Cc2ccccc2)CCC(C)C1. The molecular weight excluding hydrogens is 262 g/mol. The maximum Gasteiger partial charge on any atom is 0.323 e. The summed E-state index contributed by atoms with van der Waals surface area (Å²) in [6.45, 7) is 4.31. The third kappa shape index (κ3) is 3.44. The standard InChI is InChI=1S/C18H23NO2/c1-3-21-17(20)16(13-19)18(10-9-14(2)11-18)12-15-7-5-4-6-8-15/h4-8,14,16H,3,9-12H2,1-2H3. The lowest BCUT2D eigenvalue weighted by Gasteiger charge is -2.32. The Hall–Kier alpha value is -1.82. The summed E-state index contributed by atoms with van der Waals surface area (Å²) in [5.74, 6) is -0.466. The highest BCUT2D eigenvalue weighted by atomic mass is 16.5. The second-order valence-electron chi connectivity index (χ2n) is 6.19. The average molecular weight is 285 g/mol. The van der Waals surface area contributed by atoms with Crippen LogP contribution in [0.15, 0.2) is 30.3 Å². The minimum absolute atomic E-state index is 0.276. The summed E-state index contributed by atoms with van der Waals surface area (Å²) in [4.78, 5) is 12.2. The van der Waals surface area contributed by atoms with E-state index in [1.165, 1.54) is 5.56 Å². The van der Waals surface area contributed by atoms with Gasteiger partial charge in [-0.3, -0.25) is 4.79 Å². The van der Waals surface area contributed by atoms with Crippen LogP contribution in [0.5, 0.6) is 0 Å². The van der Waals surface area contributed by atoms with Gasteiger partial charge in [0.1, 0.15) is 5.92 Å². The fraction of sp³-hybridized carbons (Fsp3) is 0.556. The van der Waals surface area contributed by atoms with Crippen LogP contribution in [0.3, 0.4) is 0 Å². The van der Waals surface area contributed by atoms with Crippen molar-refractivity contribution in [3.63, 3.8) is 0 Å². The van der Waals surface area contributed by atoms with Crippen molar-refractivity contribution in [2.24, 2.45) is 17.3 Å². The maximum atomic E-state index is 12.2. The molecule has 3 heteroatoms. The number of carbonyl (C=O) groups excluding carboxylic acids is 1. The number of carbonyl (C=O) groups is 1. The highest BCUT2D eigenvalue weighted by molar-refractivity contribution is 5.76. The highest BCUT2D eigenvalue weighted by Gasteiger charge is 2.48. The van der Waals surface area contributed by atoms with Gasteiger partial charge in [0.25, 0.3) is 0 Å². The summed E-state index contributed by atoms with van der Waals surface area (Å²) in [7, 11) is 0. The molecule has 0 N–H and O–H groups in total. The number of hydrogen-bond acceptors (Lipinski definition) is 3. The molecule has 1 fully saturated rings. The zero-order valence-electron chi connectivity index (χ0n) is 12.8. The normalized spacial score (nSPS) is 26.0. The summed E-state index contributed by atoms with van der Waals surface area (Å²) in [5, 5.41) is 9.56. The molecule has 112 valence electrons. The van der Waals surface area contributed by atoms with Crippen LogP contribution >= 0.6 is 0 Å². The van der Waals surface area contributed by atoms with Crippen molar-refractivity contribution < 1.29 is 9.53 Å². The van der Waals surface area contributed by atoms with Crippen molar-refractivity contribution in [1.82, 2.24) is 0 Å². The third-order valence-electron chi connectivity index (χ3n) is 4.55. The van der Waals surface area contributed by atoms with Crippen molar-refractivity contribution in [1.29, 1.82) is 5.26 Å². The molecule has 1 aromatic rings. The van der Waals surface area contributed by atoms with E-state index in [0.29, 0.717) is 12.5 Å².